The summed E-state index contributed by atoms with van der Waals surface area (Å²) < 4.78 is 0. The Hall–Kier alpha value is -0.470. The Kier molecular flexibility index (Phi) is 2.61. The summed E-state index contributed by atoms with van der Waals surface area (Å²) in [4.78, 5) is 1.20. The minimum absolute atomic E-state index is 0.163. The molecule has 2 heteroatoms. The third kappa shape index (κ3) is 1.89. The summed E-state index contributed by atoms with van der Waals surface area (Å²) in [6, 6.07) is 6.48. The molecular weight excluding hydrogens is 180 g/mol. The van der Waals surface area contributed by atoms with E-state index in [0.717, 1.165) is 11.5 Å². The molecule has 0 heterocycles. The highest BCUT2D eigenvalue weighted by molar-refractivity contribution is 7.98. The normalized spacial score (nSPS) is 16.2. The minimum atomic E-state index is 0.163. The largest absolute Gasteiger partial charge is 0.392 e. The highest BCUT2D eigenvalue weighted by Crippen LogP contribution is 2.41. The highest BCUT2D eigenvalue weighted by Gasteiger charge is 2.23. The number of benzene rings is 1. The Morgan fingerprint density at radius 2 is 2.23 bits per heavy atom. The molecule has 70 valence electrons. The molecule has 0 spiro atoms. The van der Waals surface area contributed by atoms with Crippen molar-refractivity contribution >= 4 is 11.8 Å². The van der Waals surface area contributed by atoms with E-state index in [9.17, 15) is 0 Å². The molecule has 1 aliphatic carbocycles. The van der Waals surface area contributed by atoms with E-state index >= 15 is 0 Å². The van der Waals surface area contributed by atoms with Crippen molar-refractivity contribution in [3.63, 3.8) is 0 Å². The molecule has 1 saturated carbocycles. The Labute approximate surface area is 83.2 Å². The molecule has 0 amide bonds. The van der Waals surface area contributed by atoms with Crippen molar-refractivity contribution in [2.24, 2.45) is 0 Å². The molecule has 0 saturated heterocycles. The fraction of sp³-hybridized carbons (Fsp3) is 0.455. The van der Waals surface area contributed by atoms with Crippen molar-refractivity contribution in [2.45, 2.75) is 30.3 Å². The van der Waals surface area contributed by atoms with Crippen molar-refractivity contribution in [2.75, 3.05) is 6.26 Å². The molecule has 1 nitrogen and oxygen atoms in total. The molecule has 0 radical (unpaired) electrons. The van der Waals surface area contributed by atoms with Crippen LogP contribution < -0.4 is 0 Å². The van der Waals surface area contributed by atoms with E-state index in [1.807, 2.05) is 6.26 Å². The predicted molar refractivity (Wildman–Crippen MR) is 56.1 cm³/mol. The molecule has 1 aliphatic rings. The van der Waals surface area contributed by atoms with Crippen molar-refractivity contribution in [3.8, 4) is 0 Å². The Bertz CT molecular complexity index is 305. The summed E-state index contributed by atoms with van der Waals surface area (Å²) in [6.45, 7) is 0.163. The quantitative estimate of drug-likeness (QED) is 0.747. The van der Waals surface area contributed by atoms with Crippen molar-refractivity contribution in [1.29, 1.82) is 0 Å². The lowest BCUT2D eigenvalue weighted by Crippen LogP contribution is -1.89. The second kappa shape index (κ2) is 3.72. The zero-order valence-electron chi connectivity index (χ0n) is 7.79. The third-order valence-corrected chi connectivity index (χ3v) is 3.36. The Morgan fingerprint density at radius 3 is 2.77 bits per heavy atom. The van der Waals surface area contributed by atoms with Gasteiger partial charge in [0, 0.05) is 4.90 Å². The standard InChI is InChI=1S/C11H14OS/c1-13-11-5-4-9(8-2-3-8)6-10(11)7-12/h4-6,8,12H,2-3,7H2,1H3. The van der Waals surface area contributed by atoms with E-state index < -0.39 is 0 Å². The molecule has 0 aliphatic heterocycles. The average Bonchev–Trinajstić information content (AvgIpc) is 3.00. The van der Waals surface area contributed by atoms with E-state index in [2.05, 4.69) is 18.2 Å². The number of aliphatic hydroxyl groups is 1. The van der Waals surface area contributed by atoms with Gasteiger partial charge in [-0.2, -0.15) is 0 Å². The van der Waals surface area contributed by atoms with Crippen LogP contribution >= 0.6 is 11.8 Å². The van der Waals surface area contributed by atoms with Crippen LogP contribution in [0.5, 0.6) is 0 Å². The molecule has 1 N–H and O–H groups in total. The number of aliphatic hydroxyl groups excluding tert-OH is 1. The lowest BCUT2D eigenvalue weighted by atomic mass is 10.1. The molecule has 0 bridgehead atoms. The second-order valence-electron chi connectivity index (χ2n) is 3.50. The summed E-state index contributed by atoms with van der Waals surface area (Å²) in [7, 11) is 0. The second-order valence-corrected chi connectivity index (χ2v) is 4.35. The van der Waals surface area contributed by atoms with Crippen molar-refractivity contribution in [1.82, 2.24) is 0 Å². The van der Waals surface area contributed by atoms with Gasteiger partial charge in [-0.3, -0.25) is 0 Å². The fourth-order valence-corrected chi connectivity index (χ4v) is 2.18. The van der Waals surface area contributed by atoms with Crippen LogP contribution in [0.4, 0.5) is 0 Å². The van der Waals surface area contributed by atoms with Gasteiger partial charge in [0.2, 0.25) is 0 Å². The summed E-state index contributed by atoms with van der Waals surface area (Å²) in [5, 5.41) is 9.16. The van der Waals surface area contributed by atoms with Gasteiger partial charge >= 0.3 is 0 Å². The summed E-state index contributed by atoms with van der Waals surface area (Å²) >= 11 is 1.70. The molecule has 2 rings (SSSR count). The summed E-state index contributed by atoms with van der Waals surface area (Å²) in [5.74, 6) is 0.779. The first-order valence-electron chi connectivity index (χ1n) is 4.63. The predicted octanol–water partition coefficient (Wildman–Crippen LogP) is 2.78. The summed E-state index contributed by atoms with van der Waals surface area (Å²) in [6.07, 6.45) is 4.69. The number of hydrogen-bond acceptors (Lipinski definition) is 2. The Balaban J connectivity index is 2.31. The summed E-state index contributed by atoms with van der Waals surface area (Å²) in [5.41, 5.74) is 2.48. The van der Waals surface area contributed by atoms with Gasteiger partial charge in [-0.25, -0.2) is 0 Å². The van der Waals surface area contributed by atoms with E-state index in [-0.39, 0.29) is 6.61 Å². The van der Waals surface area contributed by atoms with Crippen molar-refractivity contribution < 1.29 is 5.11 Å². The molecule has 1 fully saturated rings. The van der Waals surface area contributed by atoms with Crippen LogP contribution in [0.1, 0.15) is 29.9 Å². The van der Waals surface area contributed by atoms with Gasteiger partial charge in [0.05, 0.1) is 6.61 Å². The maximum absolute atomic E-state index is 9.16. The van der Waals surface area contributed by atoms with Crippen LogP contribution in [0, 0.1) is 0 Å². The number of hydrogen-bond donors (Lipinski definition) is 1. The molecule has 13 heavy (non-hydrogen) atoms. The first-order valence-corrected chi connectivity index (χ1v) is 5.85. The fourth-order valence-electron chi connectivity index (χ4n) is 1.59. The van der Waals surface area contributed by atoms with E-state index in [1.165, 1.54) is 23.3 Å². The van der Waals surface area contributed by atoms with Gasteiger partial charge in [0.15, 0.2) is 0 Å². The van der Waals surface area contributed by atoms with E-state index in [1.54, 1.807) is 11.8 Å². The zero-order valence-corrected chi connectivity index (χ0v) is 8.60. The molecular formula is C11H14OS. The van der Waals surface area contributed by atoms with Gasteiger partial charge in [-0.15, -0.1) is 11.8 Å². The van der Waals surface area contributed by atoms with Gasteiger partial charge in [0.1, 0.15) is 0 Å². The van der Waals surface area contributed by atoms with Gasteiger partial charge < -0.3 is 5.11 Å². The van der Waals surface area contributed by atoms with Gasteiger partial charge in [-0.05, 0) is 42.2 Å². The van der Waals surface area contributed by atoms with Crippen LogP contribution in [0.25, 0.3) is 0 Å². The first-order chi connectivity index (χ1) is 6.35. The lowest BCUT2D eigenvalue weighted by Gasteiger charge is -2.06. The number of thioether (sulfide) groups is 1. The molecule has 0 unspecified atom stereocenters. The van der Waals surface area contributed by atoms with Crippen LogP contribution in [0.3, 0.4) is 0 Å². The van der Waals surface area contributed by atoms with E-state index in [4.69, 9.17) is 5.11 Å². The topological polar surface area (TPSA) is 20.2 Å². The smallest absolute Gasteiger partial charge is 0.0692 e. The highest BCUT2D eigenvalue weighted by atomic mass is 32.2. The first kappa shape index (κ1) is 9.10. The number of rotatable bonds is 3. The van der Waals surface area contributed by atoms with Gasteiger partial charge in [-0.1, -0.05) is 12.1 Å². The minimum Gasteiger partial charge on any atom is -0.392 e. The third-order valence-electron chi connectivity index (χ3n) is 2.52. The molecule has 0 aromatic heterocycles. The maximum Gasteiger partial charge on any atom is 0.0692 e. The van der Waals surface area contributed by atoms with E-state index in [0.29, 0.717) is 0 Å². The van der Waals surface area contributed by atoms with Crippen LogP contribution in [-0.4, -0.2) is 11.4 Å². The lowest BCUT2D eigenvalue weighted by molar-refractivity contribution is 0.279. The Morgan fingerprint density at radius 1 is 1.46 bits per heavy atom. The monoisotopic (exact) mass is 194 g/mol. The maximum atomic E-state index is 9.16. The van der Waals surface area contributed by atoms with Crippen LogP contribution in [0.2, 0.25) is 0 Å². The van der Waals surface area contributed by atoms with Crippen molar-refractivity contribution in [3.05, 3.63) is 29.3 Å². The molecule has 0 atom stereocenters. The SMILES string of the molecule is CSc1ccc(C2CC2)cc1CO. The molecule has 1 aromatic rings. The van der Waals surface area contributed by atoms with Gasteiger partial charge in [0.25, 0.3) is 0 Å². The van der Waals surface area contributed by atoms with Crippen LogP contribution in [0.15, 0.2) is 23.1 Å². The molecule has 1 aromatic carbocycles. The van der Waals surface area contributed by atoms with Crippen LogP contribution in [-0.2, 0) is 6.61 Å². The average molecular weight is 194 g/mol. The zero-order chi connectivity index (χ0) is 9.26.